The fourth-order valence-electron chi connectivity index (χ4n) is 7.54. The number of fused-ring (bicyclic) bond motifs is 9. The van der Waals surface area contributed by atoms with Crippen molar-refractivity contribution in [1.82, 2.24) is 9.13 Å². The summed E-state index contributed by atoms with van der Waals surface area (Å²) >= 11 is 0. The zero-order valence-corrected chi connectivity index (χ0v) is 25.2. The maximum atomic E-state index is 7.88. The van der Waals surface area contributed by atoms with Gasteiger partial charge in [-0.15, -0.1) is 0 Å². The van der Waals surface area contributed by atoms with Crippen LogP contribution in [-0.2, 0) is 0 Å². The number of hydrogen-bond acceptors (Lipinski definition) is 1. The third-order valence-corrected chi connectivity index (χ3v) is 9.55. The highest BCUT2D eigenvalue weighted by atomic mass is 16.3. The van der Waals surface area contributed by atoms with Gasteiger partial charge in [0.1, 0.15) is 5.58 Å². The Morgan fingerprint density at radius 1 is 0.426 bits per heavy atom. The van der Waals surface area contributed by atoms with E-state index in [0.29, 0.717) is 5.69 Å². The van der Waals surface area contributed by atoms with Crippen molar-refractivity contribution in [3.63, 3.8) is 0 Å². The minimum absolute atomic E-state index is 0.623. The largest absolute Gasteiger partial charge is 0.453 e. The molecule has 0 aliphatic heterocycles. The van der Waals surface area contributed by atoms with Crippen LogP contribution in [0.2, 0.25) is 0 Å². The summed E-state index contributed by atoms with van der Waals surface area (Å²) in [5, 5.41) is 6.92. The van der Waals surface area contributed by atoms with Crippen LogP contribution in [0.1, 0.15) is 0 Å². The molecular formula is C43H25N3O. The van der Waals surface area contributed by atoms with Crippen molar-refractivity contribution in [1.29, 1.82) is 0 Å². The average Bonchev–Trinajstić information content (AvgIpc) is 3.79. The summed E-state index contributed by atoms with van der Waals surface area (Å²) < 4.78 is 11.5. The van der Waals surface area contributed by atoms with Crippen LogP contribution < -0.4 is 0 Å². The van der Waals surface area contributed by atoms with E-state index in [-0.39, 0.29) is 0 Å². The first-order chi connectivity index (χ1) is 23.3. The second-order valence-electron chi connectivity index (χ2n) is 12.0. The predicted octanol–water partition coefficient (Wildman–Crippen LogP) is 12.0. The number of nitrogens with zero attached hydrogens (tertiary/aromatic N) is 3. The Labute approximate surface area is 269 Å². The number of aromatic nitrogens is 2. The number of para-hydroxylation sites is 7. The molecule has 4 nitrogen and oxygen atoms in total. The molecule has 0 fully saturated rings. The van der Waals surface area contributed by atoms with Crippen LogP contribution in [-0.4, -0.2) is 9.13 Å². The van der Waals surface area contributed by atoms with Gasteiger partial charge in [0, 0.05) is 37.9 Å². The van der Waals surface area contributed by atoms with Crippen LogP contribution >= 0.6 is 0 Å². The van der Waals surface area contributed by atoms with Crippen LogP contribution in [0.4, 0.5) is 5.69 Å². The molecule has 218 valence electrons. The van der Waals surface area contributed by atoms with Gasteiger partial charge in [-0.2, -0.15) is 0 Å². The molecule has 0 atom stereocenters. The molecule has 7 aromatic carbocycles. The number of rotatable bonds is 3. The first-order valence-corrected chi connectivity index (χ1v) is 15.7. The highest BCUT2D eigenvalue weighted by Crippen LogP contribution is 2.42. The third kappa shape index (κ3) is 3.57. The Morgan fingerprint density at radius 3 is 1.62 bits per heavy atom. The molecule has 47 heavy (non-hydrogen) atoms. The van der Waals surface area contributed by atoms with Crippen LogP contribution in [0.5, 0.6) is 0 Å². The summed E-state index contributed by atoms with van der Waals surface area (Å²) in [6, 6.07) is 52.9. The van der Waals surface area contributed by atoms with Crippen molar-refractivity contribution >= 4 is 71.2 Å². The smallest absolute Gasteiger partial charge is 0.210 e. The van der Waals surface area contributed by atoms with Gasteiger partial charge in [0.05, 0.1) is 40.0 Å². The second kappa shape index (κ2) is 9.71. The topological polar surface area (TPSA) is 27.4 Å². The van der Waals surface area contributed by atoms with Crippen LogP contribution in [0.15, 0.2) is 156 Å². The number of furan rings is 1. The number of benzene rings is 7. The molecule has 0 spiro atoms. The molecule has 0 bridgehead atoms. The van der Waals surface area contributed by atoms with Gasteiger partial charge < -0.3 is 13.6 Å². The molecular weight excluding hydrogens is 574 g/mol. The molecule has 4 heteroatoms. The van der Waals surface area contributed by atoms with Crippen LogP contribution in [0.25, 0.3) is 92.9 Å². The minimum atomic E-state index is 0.623. The first kappa shape index (κ1) is 25.7. The van der Waals surface area contributed by atoms with Gasteiger partial charge in [-0.25, -0.2) is 4.85 Å². The van der Waals surface area contributed by atoms with Gasteiger partial charge >= 0.3 is 0 Å². The Hall–Kier alpha value is -6.57. The van der Waals surface area contributed by atoms with E-state index in [2.05, 4.69) is 141 Å². The first-order valence-electron chi connectivity index (χ1n) is 15.7. The molecule has 0 unspecified atom stereocenters. The maximum absolute atomic E-state index is 7.88. The van der Waals surface area contributed by atoms with Crippen molar-refractivity contribution in [2.24, 2.45) is 0 Å². The van der Waals surface area contributed by atoms with E-state index < -0.39 is 0 Å². The summed E-state index contributed by atoms with van der Waals surface area (Å²) in [7, 11) is 0. The average molecular weight is 600 g/mol. The second-order valence-corrected chi connectivity index (χ2v) is 12.0. The lowest BCUT2D eigenvalue weighted by Crippen LogP contribution is -1.94. The van der Waals surface area contributed by atoms with Crippen molar-refractivity contribution in [2.75, 3.05) is 0 Å². The molecule has 0 N–H and O–H groups in total. The minimum Gasteiger partial charge on any atom is -0.453 e. The fourth-order valence-corrected chi connectivity index (χ4v) is 7.54. The van der Waals surface area contributed by atoms with E-state index in [4.69, 9.17) is 11.0 Å². The van der Waals surface area contributed by atoms with E-state index >= 15 is 0 Å². The molecule has 0 aliphatic carbocycles. The van der Waals surface area contributed by atoms with Gasteiger partial charge in [-0.3, -0.25) is 0 Å². The van der Waals surface area contributed by atoms with E-state index in [1.54, 1.807) is 0 Å². The lowest BCUT2D eigenvalue weighted by Gasteiger charge is -2.11. The zero-order chi connectivity index (χ0) is 31.1. The van der Waals surface area contributed by atoms with E-state index in [9.17, 15) is 0 Å². The molecule has 3 heterocycles. The lowest BCUT2D eigenvalue weighted by atomic mass is 10.0. The zero-order valence-electron chi connectivity index (χ0n) is 25.2. The molecule has 3 aromatic heterocycles. The quantitative estimate of drug-likeness (QED) is 0.186. The van der Waals surface area contributed by atoms with Crippen molar-refractivity contribution in [3.8, 4) is 22.5 Å². The molecule has 0 amide bonds. The Kier molecular flexibility index (Phi) is 5.32. The van der Waals surface area contributed by atoms with Crippen molar-refractivity contribution < 1.29 is 4.42 Å². The highest BCUT2D eigenvalue weighted by Gasteiger charge is 2.20. The predicted molar refractivity (Wildman–Crippen MR) is 194 cm³/mol. The highest BCUT2D eigenvalue weighted by molar-refractivity contribution is 6.15. The van der Waals surface area contributed by atoms with E-state index in [1.165, 1.54) is 10.8 Å². The van der Waals surface area contributed by atoms with Gasteiger partial charge in [0.2, 0.25) is 5.69 Å². The fraction of sp³-hybridized carbons (Fsp3) is 0. The maximum Gasteiger partial charge on any atom is 0.210 e. The Balaban J connectivity index is 1.25. The Morgan fingerprint density at radius 2 is 0.936 bits per heavy atom. The van der Waals surface area contributed by atoms with E-state index in [1.807, 2.05) is 24.3 Å². The monoisotopic (exact) mass is 599 g/mol. The molecule has 0 aliphatic rings. The third-order valence-electron chi connectivity index (χ3n) is 9.55. The standard InChI is InChI=1S/C43H25N3O/c1-44-35-18-5-9-22-39(35)46-38-21-8-4-14-31(38)32-25-24-27(26-41(32)46)28-15-10-16-33-34-17-11-23-40(43(34)47-42(28)33)45-36-19-6-2-12-29(36)30-13-3-7-20-37(30)45/h2-26H. The summed E-state index contributed by atoms with van der Waals surface area (Å²) in [6.07, 6.45) is 0. The summed E-state index contributed by atoms with van der Waals surface area (Å²) in [4.78, 5) is 3.87. The van der Waals surface area contributed by atoms with E-state index in [0.717, 1.165) is 77.3 Å². The molecule has 10 rings (SSSR count). The summed E-state index contributed by atoms with van der Waals surface area (Å²) in [6.45, 7) is 7.88. The summed E-state index contributed by atoms with van der Waals surface area (Å²) in [5.74, 6) is 0. The number of hydrogen-bond donors (Lipinski definition) is 0. The SMILES string of the molecule is [C-]#[N+]c1ccccc1-n1c2ccccc2c2ccc(-c3cccc4c3oc3c(-n5c6ccccc6c6ccccc65)cccc34)cc21. The lowest BCUT2D eigenvalue weighted by molar-refractivity contribution is 0.667. The molecule has 0 radical (unpaired) electrons. The van der Waals surface area contributed by atoms with Crippen molar-refractivity contribution in [3.05, 3.63) is 163 Å². The van der Waals surface area contributed by atoms with Crippen LogP contribution in [0, 0.1) is 6.57 Å². The Bertz CT molecular complexity index is 2880. The van der Waals surface area contributed by atoms with Gasteiger partial charge in [0.15, 0.2) is 5.58 Å². The van der Waals surface area contributed by atoms with Crippen molar-refractivity contribution in [2.45, 2.75) is 0 Å². The molecule has 10 aromatic rings. The summed E-state index contributed by atoms with van der Waals surface area (Å²) in [5.41, 5.74) is 10.8. The molecule has 0 saturated carbocycles. The normalized spacial score (nSPS) is 11.8. The molecule has 0 saturated heterocycles. The van der Waals surface area contributed by atoms with Gasteiger partial charge in [-0.05, 0) is 42.0 Å². The van der Waals surface area contributed by atoms with Gasteiger partial charge in [-0.1, -0.05) is 115 Å². The van der Waals surface area contributed by atoms with Gasteiger partial charge in [0.25, 0.3) is 0 Å². The van der Waals surface area contributed by atoms with Crippen LogP contribution in [0.3, 0.4) is 0 Å².